The maximum absolute atomic E-state index is 14.3. The van der Waals surface area contributed by atoms with Crippen molar-refractivity contribution in [2.75, 3.05) is 6.54 Å². The lowest BCUT2D eigenvalue weighted by Crippen LogP contribution is -2.63. The summed E-state index contributed by atoms with van der Waals surface area (Å²) in [7, 11) is 0. The number of nitrogens with zero attached hydrogens (tertiary/aromatic N) is 1. The number of para-hydroxylation sites is 1. The van der Waals surface area contributed by atoms with Crippen molar-refractivity contribution in [1.29, 1.82) is 0 Å². The first-order valence-corrected chi connectivity index (χ1v) is 16.3. The highest BCUT2D eigenvalue weighted by molar-refractivity contribution is 5.95. The smallest absolute Gasteiger partial charge is 0.411 e. The van der Waals surface area contributed by atoms with Gasteiger partial charge < -0.3 is 25.5 Å². The molecule has 8 rings (SSSR count). The SMILES string of the molecule is CC1(C(=O)NCC(NC(=O)/C=C\C(=O)O)c2ccccc2)Cc2c([nH]c3ccccc23)CN1C(=O)OC1C2CC3CC(C2)CC1C3. The third-order valence-electron chi connectivity index (χ3n) is 10.8. The Labute approximate surface area is 267 Å². The molecule has 4 N–H and O–H groups in total. The number of hydrogen-bond donors (Lipinski definition) is 4. The lowest BCUT2D eigenvalue weighted by atomic mass is 9.55. The zero-order chi connectivity index (χ0) is 32.0. The number of aliphatic carboxylic acids is 1. The lowest BCUT2D eigenvalue weighted by Gasteiger charge is -2.54. The highest BCUT2D eigenvalue weighted by atomic mass is 16.6. The number of fused-ring (bicyclic) bond motifs is 3. The Balaban J connectivity index is 1.15. The van der Waals surface area contributed by atoms with Crippen molar-refractivity contribution in [2.24, 2.45) is 23.7 Å². The summed E-state index contributed by atoms with van der Waals surface area (Å²) < 4.78 is 6.38. The molecule has 1 aromatic heterocycles. The molecule has 2 heterocycles. The van der Waals surface area contributed by atoms with E-state index in [0.717, 1.165) is 77.4 Å². The summed E-state index contributed by atoms with van der Waals surface area (Å²) in [5.74, 6) is 0.0750. The molecule has 4 saturated carbocycles. The van der Waals surface area contributed by atoms with Gasteiger partial charge in [0.2, 0.25) is 11.8 Å². The van der Waals surface area contributed by atoms with Gasteiger partial charge in [-0.05, 0) is 79.9 Å². The Morgan fingerprint density at radius 1 is 0.978 bits per heavy atom. The number of ether oxygens (including phenoxy) is 1. The number of aromatic amines is 1. The number of benzene rings is 2. The number of carbonyl (C=O) groups is 4. The van der Waals surface area contributed by atoms with Crippen LogP contribution in [0, 0.1) is 23.7 Å². The van der Waals surface area contributed by atoms with E-state index in [1.807, 2.05) is 54.6 Å². The van der Waals surface area contributed by atoms with Gasteiger partial charge >= 0.3 is 12.1 Å². The summed E-state index contributed by atoms with van der Waals surface area (Å²) in [6.07, 6.45) is 7.19. The van der Waals surface area contributed by atoms with Gasteiger partial charge in [0.1, 0.15) is 11.6 Å². The van der Waals surface area contributed by atoms with Gasteiger partial charge in [0.25, 0.3) is 0 Å². The van der Waals surface area contributed by atoms with E-state index >= 15 is 0 Å². The van der Waals surface area contributed by atoms with Crippen LogP contribution in [0.5, 0.6) is 0 Å². The van der Waals surface area contributed by atoms with E-state index in [9.17, 15) is 19.2 Å². The second-order valence-electron chi connectivity index (χ2n) is 13.8. The van der Waals surface area contributed by atoms with Crippen LogP contribution in [0.4, 0.5) is 4.79 Å². The van der Waals surface area contributed by atoms with E-state index in [1.165, 1.54) is 6.42 Å². The quantitative estimate of drug-likeness (QED) is 0.264. The summed E-state index contributed by atoms with van der Waals surface area (Å²) in [6.45, 7) is 2.03. The molecule has 4 bridgehead atoms. The predicted molar refractivity (Wildman–Crippen MR) is 170 cm³/mol. The fourth-order valence-corrected chi connectivity index (χ4v) is 8.77. The van der Waals surface area contributed by atoms with Crippen LogP contribution in [0.25, 0.3) is 10.9 Å². The molecule has 0 spiro atoms. The first kappa shape index (κ1) is 30.1. The minimum atomic E-state index is -1.27. The summed E-state index contributed by atoms with van der Waals surface area (Å²) in [5, 5.41) is 15.8. The fourth-order valence-electron chi connectivity index (χ4n) is 8.77. The average Bonchev–Trinajstić information content (AvgIpc) is 3.40. The Bertz CT molecular complexity index is 1670. The molecule has 10 nitrogen and oxygen atoms in total. The number of hydrogen-bond acceptors (Lipinski definition) is 5. The molecule has 2 aromatic carbocycles. The minimum Gasteiger partial charge on any atom is -0.478 e. The van der Waals surface area contributed by atoms with Gasteiger partial charge in [-0.3, -0.25) is 14.5 Å². The molecule has 4 aliphatic carbocycles. The monoisotopic (exact) mass is 624 g/mol. The molecule has 1 aliphatic heterocycles. The Kier molecular flexibility index (Phi) is 7.82. The van der Waals surface area contributed by atoms with Crippen LogP contribution in [0.1, 0.15) is 61.9 Å². The van der Waals surface area contributed by atoms with Crippen molar-refractivity contribution < 1.29 is 29.0 Å². The van der Waals surface area contributed by atoms with Crippen LogP contribution in [0.3, 0.4) is 0 Å². The Morgan fingerprint density at radius 2 is 1.65 bits per heavy atom. The number of amides is 3. The van der Waals surface area contributed by atoms with Crippen molar-refractivity contribution in [3.05, 3.63) is 83.6 Å². The van der Waals surface area contributed by atoms with Crippen molar-refractivity contribution >= 4 is 34.8 Å². The van der Waals surface area contributed by atoms with E-state index in [1.54, 1.807) is 11.8 Å². The van der Waals surface area contributed by atoms with Crippen LogP contribution < -0.4 is 10.6 Å². The van der Waals surface area contributed by atoms with Gasteiger partial charge in [0.15, 0.2) is 0 Å². The van der Waals surface area contributed by atoms with Crippen molar-refractivity contribution in [1.82, 2.24) is 20.5 Å². The van der Waals surface area contributed by atoms with E-state index in [0.29, 0.717) is 18.3 Å². The van der Waals surface area contributed by atoms with E-state index in [4.69, 9.17) is 9.84 Å². The molecule has 2 unspecified atom stereocenters. The van der Waals surface area contributed by atoms with Crippen LogP contribution >= 0.6 is 0 Å². The van der Waals surface area contributed by atoms with Gasteiger partial charge in [-0.1, -0.05) is 48.5 Å². The van der Waals surface area contributed by atoms with Crippen LogP contribution in [-0.2, 0) is 32.1 Å². The zero-order valence-electron chi connectivity index (χ0n) is 25.9. The minimum absolute atomic E-state index is 0.0320. The molecule has 0 saturated heterocycles. The van der Waals surface area contributed by atoms with E-state index in [-0.39, 0.29) is 25.1 Å². The second kappa shape index (κ2) is 12.0. The third-order valence-corrected chi connectivity index (χ3v) is 10.8. The molecule has 3 aromatic rings. The van der Waals surface area contributed by atoms with Gasteiger partial charge in [0.05, 0.1) is 12.6 Å². The second-order valence-corrected chi connectivity index (χ2v) is 13.8. The largest absolute Gasteiger partial charge is 0.478 e. The molecule has 0 radical (unpaired) electrons. The average molecular weight is 625 g/mol. The number of H-pyrrole nitrogens is 1. The van der Waals surface area contributed by atoms with Gasteiger partial charge in [0, 0.05) is 41.7 Å². The number of carbonyl (C=O) groups excluding carboxylic acids is 3. The topological polar surface area (TPSA) is 141 Å². The van der Waals surface area contributed by atoms with Crippen molar-refractivity contribution in [3.63, 3.8) is 0 Å². The maximum Gasteiger partial charge on any atom is 0.411 e. The zero-order valence-corrected chi connectivity index (χ0v) is 25.9. The number of rotatable bonds is 8. The first-order valence-electron chi connectivity index (χ1n) is 16.3. The number of carboxylic acid groups (broad SMARTS) is 1. The Hall–Kier alpha value is -4.60. The van der Waals surface area contributed by atoms with E-state index in [2.05, 4.69) is 15.6 Å². The fraction of sp³-hybridized carbons (Fsp3) is 0.444. The number of aromatic nitrogens is 1. The molecule has 10 heteroatoms. The first-order chi connectivity index (χ1) is 22.2. The molecule has 240 valence electrons. The summed E-state index contributed by atoms with van der Waals surface area (Å²) in [6, 6.07) is 16.5. The van der Waals surface area contributed by atoms with Gasteiger partial charge in [-0.2, -0.15) is 0 Å². The summed E-state index contributed by atoms with van der Waals surface area (Å²) >= 11 is 0. The molecule has 3 amide bonds. The van der Waals surface area contributed by atoms with Crippen LogP contribution in [0.2, 0.25) is 0 Å². The van der Waals surface area contributed by atoms with Crippen LogP contribution in [-0.4, -0.2) is 57.1 Å². The molecule has 2 atom stereocenters. The highest BCUT2D eigenvalue weighted by Crippen LogP contribution is 2.55. The highest BCUT2D eigenvalue weighted by Gasteiger charge is 2.52. The molecule has 4 fully saturated rings. The van der Waals surface area contributed by atoms with Crippen molar-refractivity contribution in [3.8, 4) is 0 Å². The maximum atomic E-state index is 14.3. The Morgan fingerprint density at radius 3 is 2.35 bits per heavy atom. The number of nitrogens with one attached hydrogen (secondary N) is 3. The number of carboxylic acids is 1. The van der Waals surface area contributed by atoms with E-state index < -0.39 is 29.6 Å². The summed E-state index contributed by atoms with van der Waals surface area (Å²) in [4.78, 5) is 57.0. The lowest BCUT2D eigenvalue weighted by molar-refractivity contribution is -0.136. The molecule has 46 heavy (non-hydrogen) atoms. The predicted octanol–water partition coefficient (Wildman–Crippen LogP) is 4.86. The molecule has 5 aliphatic rings. The third kappa shape index (κ3) is 5.65. The molecular weight excluding hydrogens is 584 g/mol. The van der Waals surface area contributed by atoms with Gasteiger partial charge in [-0.15, -0.1) is 0 Å². The van der Waals surface area contributed by atoms with Crippen LogP contribution in [0.15, 0.2) is 66.7 Å². The molecular formula is C36H40N4O6. The van der Waals surface area contributed by atoms with Gasteiger partial charge in [-0.25, -0.2) is 9.59 Å². The van der Waals surface area contributed by atoms with Crippen molar-refractivity contribution in [2.45, 2.75) is 69.7 Å². The summed E-state index contributed by atoms with van der Waals surface area (Å²) in [5.41, 5.74) is 2.32. The normalized spacial score (nSPS) is 28.5. The standard InChI is InChI=1S/C36H40N4O6/c1-36(34(44)37-19-29(23-7-3-2-4-8-23)39-31(41)11-12-32(42)43)18-27-26-9-5-6-10-28(26)38-30(27)20-40(36)35(45)46-33-24-14-21-13-22(16-24)17-25(33)15-21/h2-12,21-22,24-25,29,33,38H,13-20H2,1H3,(H,37,44)(H,39,41)(H,42,43)/b12-11-.